The third-order valence-corrected chi connectivity index (χ3v) is 13.3. The molecule has 0 spiro atoms. The normalized spacial score (nSPS) is 15.4. The Bertz CT molecular complexity index is 4810. The summed E-state index contributed by atoms with van der Waals surface area (Å²) in [5.74, 6) is 1.38. The van der Waals surface area contributed by atoms with Crippen LogP contribution in [-0.4, -0.2) is 14.1 Å². The Morgan fingerprint density at radius 2 is 1.19 bits per heavy atom. The molecule has 0 N–H and O–H groups in total. The standard InChI is InChI=1S/C63H40N4O.Pt/c1-63(2)55-30-12-10-25-49(55)54-38-64-60(37-56(54)63)67-57-31-13-11-26-50(57)51-34-33-43(36-59(51)67)68-42-20-14-19-41(35-42)65-39-66-61-44(40-17-4-3-5-18-40)27-15-28-52(61)47-23-8-6-21-45(47)46-22-7-9-24-48(46)53-29-16-32-58(65)62(53)66;/h3-34,37-38H,1-2H3;/q-2;/i3D,4D,5D,6D,7D,8D,9D,17D,18D,21D,22D,23D,24D;. The maximum atomic E-state index is 9.56. The topological polar surface area (TPSA) is 35.9 Å². The second-order valence-corrected chi connectivity index (χ2v) is 17.3. The number of hydrogen-bond acceptors (Lipinski definition) is 2. The van der Waals surface area contributed by atoms with Crippen molar-refractivity contribution < 1.29 is 48.2 Å². The van der Waals surface area contributed by atoms with Crippen molar-refractivity contribution in [3.8, 4) is 84.3 Å². The molecule has 12 aromatic rings. The molecular formula is C63H40N4OPt-2. The van der Waals surface area contributed by atoms with Crippen molar-refractivity contribution >= 4 is 32.8 Å². The predicted molar refractivity (Wildman–Crippen MR) is 273 cm³/mol. The van der Waals surface area contributed by atoms with Crippen molar-refractivity contribution in [2.45, 2.75) is 19.3 Å². The summed E-state index contributed by atoms with van der Waals surface area (Å²) in [6, 6.07) is 37.0. The van der Waals surface area contributed by atoms with Crippen molar-refractivity contribution in [1.82, 2.24) is 14.1 Å². The SMILES string of the molecule is [2H]c1c([2H])c([2H])c(-c2cccc3c2-[n+]2[c-]n(-c4[c-]c(Oc5[c-]c6c(cc5)c5ccccc5n6-c5cc6c(cn5)-c5ccccc5C6(C)C)ccc4)c4cccc(c42)-c2c([2H])c([2H])c([2H])c([2H])c2-c2c([2H])c([2H])c([2H])c([2H])c2-3)c([2H])c1[2H].[Pt]. The van der Waals surface area contributed by atoms with Gasteiger partial charge in [-0.05, 0) is 84.4 Å². The quantitative estimate of drug-likeness (QED) is 0.127. The Balaban J connectivity index is 0.00000631. The van der Waals surface area contributed by atoms with E-state index in [1.165, 1.54) is 16.7 Å². The molecule has 1 aliphatic carbocycles. The van der Waals surface area contributed by atoms with Crippen LogP contribution in [0.1, 0.15) is 42.8 Å². The molecule has 6 heteroatoms. The van der Waals surface area contributed by atoms with E-state index in [-0.39, 0.29) is 87.9 Å². The molecule has 0 atom stereocenters. The summed E-state index contributed by atoms with van der Waals surface area (Å²) in [5, 5.41) is 1.95. The summed E-state index contributed by atoms with van der Waals surface area (Å²) < 4.78 is 130. The summed E-state index contributed by atoms with van der Waals surface area (Å²) in [7, 11) is 0. The maximum Gasteiger partial charge on any atom is 0.268 e. The van der Waals surface area contributed by atoms with E-state index in [9.17, 15) is 8.22 Å². The number of imidazole rings is 1. The summed E-state index contributed by atoms with van der Waals surface area (Å²) in [6.45, 7) is 4.46. The Morgan fingerprint density at radius 3 is 2.01 bits per heavy atom. The first kappa shape index (κ1) is 29.6. The molecule has 0 radical (unpaired) electrons. The number of rotatable bonds is 5. The smallest absolute Gasteiger partial charge is 0.268 e. The molecule has 2 aliphatic rings. The van der Waals surface area contributed by atoms with Gasteiger partial charge in [0.2, 0.25) is 0 Å². The van der Waals surface area contributed by atoms with Crippen LogP contribution in [0.2, 0.25) is 0 Å². The first-order valence-corrected chi connectivity index (χ1v) is 22.1. The van der Waals surface area contributed by atoms with Gasteiger partial charge in [-0.15, -0.1) is 29.7 Å². The average molecular weight is 1080 g/mol. The fourth-order valence-corrected chi connectivity index (χ4v) is 10.3. The molecule has 5 nitrogen and oxygen atoms in total. The number of fused-ring (bicyclic) bond motifs is 13. The molecule has 4 heterocycles. The molecule has 0 fully saturated rings. The molecule has 0 unspecified atom stereocenters. The Morgan fingerprint density at radius 1 is 0.551 bits per heavy atom. The summed E-state index contributed by atoms with van der Waals surface area (Å²) in [4.78, 5) is 5.06. The monoisotopic (exact) mass is 1080 g/mol. The molecule has 0 bridgehead atoms. The minimum atomic E-state index is -0.647. The van der Waals surface area contributed by atoms with Gasteiger partial charge in [-0.3, -0.25) is 4.57 Å². The van der Waals surface area contributed by atoms with Crippen LogP contribution in [0, 0.1) is 18.5 Å². The van der Waals surface area contributed by atoms with Crippen LogP contribution in [0.5, 0.6) is 11.5 Å². The summed E-state index contributed by atoms with van der Waals surface area (Å²) in [5.41, 5.74) is 6.75. The van der Waals surface area contributed by atoms with Gasteiger partial charge in [0.15, 0.2) is 0 Å². The Kier molecular flexibility index (Phi) is 6.75. The van der Waals surface area contributed by atoms with E-state index < -0.39 is 78.6 Å². The molecule has 14 rings (SSSR count). The van der Waals surface area contributed by atoms with E-state index >= 15 is 0 Å². The zero-order chi connectivity index (χ0) is 56.4. The molecular weight excluding hydrogens is 1020 g/mol. The molecule has 9 aromatic carbocycles. The maximum absolute atomic E-state index is 9.56. The van der Waals surface area contributed by atoms with E-state index in [1.807, 2.05) is 30.5 Å². The molecule has 330 valence electrons. The van der Waals surface area contributed by atoms with Crippen LogP contribution in [0.3, 0.4) is 0 Å². The molecule has 0 saturated carbocycles. The molecule has 1 aliphatic heterocycles. The van der Waals surface area contributed by atoms with E-state index in [1.54, 1.807) is 63.7 Å². The molecule has 3 aromatic heterocycles. The van der Waals surface area contributed by atoms with Crippen LogP contribution >= 0.6 is 0 Å². The van der Waals surface area contributed by atoms with Crippen molar-refractivity contribution in [1.29, 1.82) is 0 Å². The van der Waals surface area contributed by atoms with Gasteiger partial charge in [-0.25, -0.2) is 4.98 Å². The first-order chi connectivity index (χ1) is 38.9. The Labute approximate surface area is 432 Å². The molecule has 0 saturated heterocycles. The van der Waals surface area contributed by atoms with Crippen LogP contribution < -0.4 is 9.30 Å². The van der Waals surface area contributed by atoms with Gasteiger partial charge in [0.25, 0.3) is 6.33 Å². The van der Waals surface area contributed by atoms with Gasteiger partial charge in [-0.2, -0.15) is 18.2 Å². The van der Waals surface area contributed by atoms with Crippen molar-refractivity contribution in [2.75, 3.05) is 0 Å². The van der Waals surface area contributed by atoms with Gasteiger partial charge in [0.1, 0.15) is 5.82 Å². The van der Waals surface area contributed by atoms with E-state index in [0.29, 0.717) is 17.0 Å². The van der Waals surface area contributed by atoms with Gasteiger partial charge < -0.3 is 13.9 Å². The van der Waals surface area contributed by atoms with Gasteiger partial charge in [0.05, 0.1) is 34.5 Å². The average Bonchev–Trinajstić information content (AvgIpc) is 4.22. The van der Waals surface area contributed by atoms with Crippen molar-refractivity contribution in [3.63, 3.8) is 0 Å². The first-order valence-electron chi connectivity index (χ1n) is 28.6. The molecule has 69 heavy (non-hydrogen) atoms. The zero-order valence-corrected chi connectivity index (χ0v) is 38.9. The van der Waals surface area contributed by atoms with Crippen LogP contribution in [0.25, 0.3) is 106 Å². The van der Waals surface area contributed by atoms with Crippen LogP contribution in [0.4, 0.5) is 0 Å². The van der Waals surface area contributed by atoms with Gasteiger partial charge in [-0.1, -0.05) is 177 Å². The van der Waals surface area contributed by atoms with E-state index in [2.05, 4.69) is 79.3 Å². The third-order valence-electron chi connectivity index (χ3n) is 13.3. The van der Waals surface area contributed by atoms with E-state index in [0.717, 1.165) is 33.2 Å². The number of ether oxygens (including phenoxy) is 1. The largest absolute Gasteiger partial charge is 0.510 e. The fourth-order valence-electron chi connectivity index (χ4n) is 10.3. The Hall–Kier alpha value is -8.11. The van der Waals surface area contributed by atoms with Crippen molar-refractivity contribution in [3.05, 3.63) is 236 Å². The number of benzene rings is 9. The van der Waals surface area contributed by atoms with Crippen LogP contribution in [-0.2, 0) is 26.5 Å². The number of para-hydroxylation sites is 3. The third kappa shape index (κ3) is 6.20. The minimum absolute atomic E-state index is 0. The van der Waals surface area contributed by atoms with Crippen molar-refractivity contribution in [2.24, 2.45) is 0 Å². The summed E-state index contributed by atoms with van der Waals surface area (Å²) >= 11 is 0. The van der Waals surface area contributed by atoms with Gasteiger partial charge in [0, 0.05) is 55.3 Å². The van der Waals surface area contributed by atoms with E-state index in [4.69, 9.17) is 19.3 Å². The number of aromatic nitrogens is 4. The summed E-state index contributed by atoms with van der Waals surface area (Å²) in [6.07, 6.45) is 5.40. The second kappa shape index (κ2) is 15.7. The minimum Gasteiger partial charge on any atom is -0.510 e. The number of pyridine rings is 1. The second-order valence-electron chi connectivity index (χ2n) is 17.3. The number of hydrogen-bond donors (Lipinski definition) is 0. The predicted octanol–water partition coefficient (Wildman–Crippen LogP) is 14.9. The molecule has 0 amide bonds. The fraction of sp³-hybridized carbons (Fsp3) is 0.0476. The zero-order valence-electron chi connectivity index (χ0n) is 49.6. The van der Waals surface area contributed by atoms with Gasteiger partial charge >= 0.3 is 0 Å². The van der Waals surface area contributed by atoms with Crippen LogP contribution in [0.15, 0.2) is 206 Å². The number of nitrogens with zero attached hydrogens (tertiary/aromatic N) is 4.